The number of phenolic OH excluding ortho intramolecular Hbond substituents is 1. The van der Waals surface area contributed by atoms with E-state index in [9.17, 15) is 9.90 Å². The minimum atomic E-state index is -0.156. The first-order chi connectivity index (χ1) is 8.01. The van der Waals surface area contributed by atoms with Gasteiger partial charge in [-0.3, -0.25) is 4.79 Å². The quantitative estimate of drug-likeness (QED) is 0.897. The van der Waals surface area contributed by atoms with E-state index in [0.29, 0.717) is 17.1 Å². The Kier molecular flexibility index (Phi) is 4.82. The second-order valence-electron chi connectivity index (χ2n) is 4.01. The number of amides is 1. The predicted molar refractivity (Wildman–Crippen MR) is 69.6 cm³/mol. The summed E-state index contributed by atoms with van der Waals surface area (Å²) in [6, 6.07) is 4.71. The highest BCUT2D eigenvalue weighted by Crippen LogP contribution is 2.24. The average molecular weight is 256 g/mol. The molecule has 0 radical (unpaired) electrons. The largest absolute Gasteiger partial charge is 0.507 e. The molecule has 0 aliphatic carbocycles. The molecule has 1 atom stereocenters. The maximum Gasteiger partial charge on any atom is 0.257 e. The lowest BCUT2D eigenvalue weighted by molar-refractivity contribution is 0.0697. The summed E-state index contributed by atoms with van der Waals surface area (Å²) in [5.41, 5.74) is 0.302. The standard InChI is InChI=1S/C13H18ClNO2/c1-4-9(3)15(5-2)13(17)11-7-6-10(14)8-12(11)16/h6-9,16H,4-5H2,1-3H3. The summed E-state index contributed by atoms with van der Waals surface area (Å²) < 4.78 is 0. The molecule has 4 heteroatoms. The summed E-state index contributed by atoms with van der Waals surface area (Å²) in [5, 5.41) is 10.2. The van der Waals surface area contributed by atoms with E-state index in [0.717, 1.165) is 6.42 Å². The van der Waals surface area contributed by atoms with Crippen molar-refractivity contribution < 1.29 is 9.90 Å². The Morgan fingerprint density at radius 3 is 2.59 bits per heavy atom. The molecule has 3 nitrogen and oxygen atoms in total. The zero-order valence-electron chi connectivity index (χ0n) is 10.4. The summed E-state index contributed by atoms with van der Waals surface area (Å²) in [7, 11) is 0. The molecule has 0 aliphatic heterocycles. The van der Waals surface area contributed by atoms with Crippen LogP contribution < -0.4 is 0 Å². The zero-order valence-corrected chi connectivity index (χ0v) is 11.2. The molecule has 1 N–H and O–H groups in total. The summed E-state index contributed by atoms with van der Waals surface area (Å²) in [6.45, 7) is 6.57. The molecule has 1 unspecified atom stereocenters. The van der Waals surface area contributed by atoms with Crippen molar-refractivity contribution in [1.29, 1.82) is 0 Å². The molecule has 0 aliphatic rings. The van der Waals surface area contributed by atoms with Crippen LogP contribution in [0.1, 0.15) is 37.6 Å². The molecular weight excluding hydrogens is 238 g/mol. The Bertz CT molecular complexity index is 406. The minimum Gasteiger partial charge on any atom is -0.507 e. The number of hydrogen-bond donors (Lipinski definition) is 1. The van der Waals surface area contributed by atoms with Gasteiger partial charge in [0.1, 0.15) is 5.75 Å². The third-order valence-electron chi connectivity index (χ3n) is 2.91. The molecule has 0 fully saturated rings. The summed E-state index contributed by atoms with van der Waals surface area (Å²) in [4.78, 5) is 14.0. The van der Waals surface area contributed by atoms with Gasteiger partial charge in [0, 0.05) is 17.6 Å². The number of halogens is 1. The van der Waals surface area contributed by atoms with Crippen LogP contribution in [0.4, 0.5) is 0 Å². The molecule has 0 spiro atoms. The Hall–Kier alpha value is -1.22. The van der Waals surface area contributed by atoms with Gasteiger partial charge >= 0.3 is 0 Å². The van der Waals surface area contributed by atoms with Crippen molar-refractivity contribution >= 4 is 17.5 Å². The first-order valence-corrected chi connectivity index (χ1v) is 6.18. The van der Waals surface area contributed by atoms with Gasteiger partial charge in [-0.15, -0.1) is 0 Å². The van der Waals surface area contributed by atoms with Gasteiger partial charge < -0.3 is 10.0 Å². The van der Waals surface area contributed by atoms with Crippen LogP contribution in [-0.2, 0) is 0 Å². The fourth-order valence-corrected chi connectivity index (χ4v) is 1.88. The number of benzene rings is 1. The maximum atomic E-state index is 12.2. The number of aromatic hydroxyl groups is 1. The second kappa shape index (κ2) is 5.92. The Morgan fingerprint density at radius 2 is 2.12 bits per heavy atom. The molecule has 1 rings (SSSR count). The van der Waals surface area contributed by atoms with Crippen LogP contribution in [0.5, 0.6) is 5.75 Å². The molecule has 0 heterocycles. The topological polar surface area (TPSA) is 40.5 Å². The van der Waals surface area contributed by atoms with E-state index in [4.69, 9.17) is 11.6 Å². The molecule has 94 valence electrons. The van der Waals surface area contributed by atoms with Gasteiger partial charge in [-0.1, -0.05) is 18.5 Å². The third-order valence-corrected chi connectivity index (χ3v) is 3.15. The van der Waals surface area contributed by atoms with Crippen molar-refractivity contribution in [3.05, 3.63) is 28.8 Å². The van der Waals surface area contributed by atoms with Crippen molar-refractivity contribution in [2.45, 2.75) is 33.2 Å². The van der Waals surface area contributed by atoms with Gasteiger partial charge in [0.25, 0.3) is 5.91 Å². The van der Waals surface area contributed by atoms with E-state index in [2.05, 4.69) is 0 Å². The van der Waals surface area contributed by atoms with Crippen LogP contribution in [0.3, 0.4) is 0 Å². The van der Waals surface area contributed by atoms with Crippen LogP contribution in [0, 0.1) is 0 Å². The van der Waals surface area contributed by atoms with Gasteiger partial charge in [-0.25, -0.2) is 0 Å². The fourth-order valence-electron chi connectivity index (χ4n) is 1.72. The maximum absolute atomic E-state index is 12.2. The molecule has 1 aromatic rings. The first-order valence-electron chi connectivity index (χ1n) is 5.80. The molecule has 1 aromatic carbocycles. The van der Waals surface area contributed by atoms with Crippen molar-refractivity contribution in [1.82, 2.24) is 4.90 Å². The van der Waals surface area contributed by atoms with Crippen LogP contribution in [0.15, 0.2) is 18.2 Å². The van der Waals surface area contributed by atoms with Crippen molar-refractivity contribution in [3.8, 4) is 5.75 Å². The highest BCUT2D eigenvalue weighted by molar-refractivity contribution is 6.30. The van der Waals surface area contributed by atoms with Gasteiger partial charge in [0.15, 0.2) is 0 Å². The lowest BCUT2D eigenvalue weighted by Gasteiger charge is -2.27. The number of phenols is 1. The molecular formula is C13H18ClNO2. The van der Waals surface area contributed by atoms with Gasteiger partial charge in [-0.2, -0.15) is 0 Å². The van der Waals surface area contributed by atoms with E-state index in [-0.39, 0.29) is 17.7 Å². The van der Waals surface area contributed by atoms with Gasteiger partial charge in [-0.05, 0) is 38.5 Å². The average Bonchev–Trinajstić information content (AvgIpc) is 2.29. The van der Waals surface area contributed by atoms with E-state index in [1.54, 1.807) is 17.0 Å². The second-order valence-corrected chi connectivity index (χ2v) is 4.45. The predicted octanol–water partition coefficient (Wildman–Crippen LogP) is 3.31. The SMILES string of the molecule is CCC(C)N(CC)C(=O)c1ccc(Cl)cc1O. The highest BCUT2D eigenvalue weighted by Gasteiger charge is 2.21. The van der Waals surface area contributed by atoms with Gasteiger partial charge in [0.2, 0.25) is 0 Å². The van der Waals surface area contributed by atoms with Crippen molar-refractivity contribution in [3.63, 3.8) is 0 Å². The lowest BCUT2D eigenvalue weighted by atomic mass is 10.1. The smallest absolute Gasteiger partial charge is 0.257 e. The minimum absolute atomic E-state index is 0.0655. The molecule has 0 saturated heterocycles. The van der Waals surface area contributed by atoms with Gasteiger partial charge in [0.05, 0.1) is 5.56 Å². The van der Waals surface area contributed by atoms with E-state index < -0.39 is 0 Å². The van der Waals surface area contributed by atoms with E-state index in [1.165, 1.54) is 6.07 Å². The number of carbonyl (C=O) groups is 1. The fraction of sp³-hybridized carbons (Fsp3) is 0.462. The number of hydrogen-bond acceptors (Lipinski definition) is 2. The molecule has 17 heavy (non-hydrogen) atoms. The Balaban J connectivity index is 3.02. The van der Waals surface area contributed by atoms with Crippen LogP contribution in [0.2, 0.25) is 5.02 Å². The molecule has 0 aromatic heterocycles. The highest BCUT2D eigenvalue weighted by atomic mass is 35.5. The number of carbonyl (C=O) groups excluding carboxylic acids is 1. The third kappa shape index (κ3) is 3.13. The number of nitrogens with zero attached hydrogens (tertiary/aromatic N) is 1. The normalized spacial score (nSPS) is 12.2. The summed E-state index contributed by atoms with van der Waals surface area (Å²) in [6.07, 6.45) is 0.883. The summed E-state index contributed by atoms with van der Waals surface area (Å²) in [5.74, 6) is -0.222. The van der Waals surface area contributed by atoms with E-state index in [1.807, 2.05) is 20.8 Å². The van der Waals surface area contributed by atoms with Crippen LogP contribution in [0.25, 0.3) is 0 Å². The Morgan fingerprint density at radius 1 is 1.47 bits per heavy atom. The molecule has 0 bridgehead atoms. The van der Waals surface area contributed by atoms with E-state index >= 15 is 0 Å². The number of rotatable bonds is 4. The van der Waals surface area contributed by atoms with Crippen LogP contribution >= 0.6 is 11.6 Å². The lowest BCUT2D eigenvalue weighted by Crippen LogP contribution is -2.38. The summed E-state index contributed by atoms with van der Waals surface area (Å²) >= 11 is 5.74. The molecule has 0 saturated carbocycles. The molecule has 1 amide bonds. The van der Waals surface area contributed by atoms with Crippen molar-refractivity contribution in [2.24, 2.45) is 0 Å². The monoisotopic (exact) mass is 255 g/mol. The Labute approximate surface area is 107 Å². The van der Waals surface area contributed by atoms with Crippen LogP contribution in [-0.4, -0.2) is 28.5 Å². The van der Waals surface area contributed by atoms with Crippen molar-refractivity contribution in [2.75, 3.05) is 6.54 Å². The first kappa shape index (κ1) is 13.8. The zero-order chi connectivity index (χ0) is 13.0.